The van der Waals surface area contributed by atoms with E-state index in [1.807, 2.05) is 27.2 Å². The van der Waals surface area contributed by atoms with Crippen LogP contribution in [-0.2, 0) is 18.4 Å². The van der Waals surface area contributed by atoms with Crippen LogP contribution in [0.5, 0.6) is 0 Å². The smallest absolute Gasteiger partial charge is 0.387 e. The molecule has 0 bridgehead atoms. The van der Waals surface area contributed by atoms with Gasteiger partial charge >= 0.3 is 7.82 Å². The number of phosphoric acid groups is 1. The van der Waals surface area contributed by atoms with Crippen molar-refractivity contribution >= 4 is 13.7 Å². The zero-order valence-corrected chi connectivity index (χ0v) is 39.9. The summed E-state index contributed by atoms with van der Waals surface area (Å²) >= 11 is 0. The molecule has 8 nitrogen and oxygen atoms in total. The van der Waals surface area contributed by atoms with Crippen molar-refractivity contribution in [2.75, 3.05) is 40.9 Å². The Hall–Kier alpha value is -1.80. The monoisotopic (exact) mass is 850 g/mol. The van der Waals surface area contributed by atoms with E-state index in [2.05, 4.69) is 67.8 Å². The summed E-state index contributed by atoms with van der Waals surface area (Å²) in [6, 6.07) is -0.864. The number of likely N-dealkylation sites (N-methyl/N-ethyl adjacent to an activating group) is 1. The quantitative estimate of drug-likeness (QED) is 0.0244. The molecule has 0 aromatic carbocycles. The minimum Gasteiger partial charge on any atom is -0.387 e. The maximum atomic E-state index is 12.9. The highest BCUT2D eigenvalue weighted by atomic mass is 31.2. The summed E-state index contributed by atoms with van der Waals surface area (Å²) in [4.78, 5) is 23.1. The summed E-state index contributed by atoms with van der Waals surface area (Å²) in [6.45, 7) is 4.73. The number of hydrogen-bond donors (Lipinski definition) is 3. The van der Waals surface area contributed by atoms with Gasteiger partial charge in [0.25, 0.3) is 0 Å². The van der Waals surface area contributed by atoms with Gasteiger partial charge in [0.05, 0.1) is 39.9 Å². The lowest BCUT2D eigenvalue weighted by Crippen LogP contribution is -2.45. The van der Waals surface area contributed by atoms with Crippen molar-refractivity contribution in [1.29, 1.82) is 0 Å². The summed E-state index contributed by atoms with van der Waals surface area (Å²) in [5.41, 5.74) is 0. The molecular formula is C50H94N2O6P+. The highest BCUT2D eigenvalue weighted by molar-refractivity contribution is 7.47. The van der Waals surface area contributed by atoms with Crippen LogP contribution in [0.1, 0.15) is 200 Å². The molecule has 3 unspecified atom stereocenters. The number of quaternary nitrogens is 1. The molecule has 59 heavy (non-hydrogen) atoms. The number of nitrogens with one attached hydrogen (secondary N) is 1. The van der Waals surface area contributed by atoms with E-state index in [9.17, 15) is 19.4 Å². The fourth-order valence-electron chi connectivity index (χ4n) is 6.59. The van der Waals surface area contributed by atoms with Crippen molar-refractivity contribution in [3.05, 3.63) is 60.8 Å². The van der Waals surface area contributed by atoms with E-state index in [1.54, 1.807) is 6.08 Å². The second kappa shape index (κ2) is 41.5. The molecule has 0 aliphatic carbocycles. The first-order valence-corrected chi connectivity index (χ1v) is 25.7. The Morgan fingerprint density at radius 1 is 0.576 bits per heavy atom. The van der Waals surface area contributed by atoms with Crippen LogP contribution in [0, 0.1) is 0 Å². The third kappa shape index (κ3) is 44.1. The predicted octanol–water partition coefficient (Wildman–Crippen LogP) is 13.8. The van der Waals surface area contributed by atoms with Gasteiger partial charge in [-0.05, 0) is 70.6 Å². The number of amides is 1. The lowest BCUT2D eigenvalue weighted by Gasteiger charge is -2.25. The van der Waals surface area contributed by atoms with E-state index in [1.165, 1.54) is 128 Å². The summed E-state index contributed by atoms with van der Waals surface area (Å²) in [5.74, 6) is -0.193. The predicted molar refractivity (Wildman–Crippen MR) is 254 cm³/mol. The average molecular weight is 850 g/mol. The van der Waals surface area contributed by atoms with Crippen molar-refractivity contribution in [3.63, 3.8) is 0 Å². The van der Waals surface area contributed by atoms with Crippen molar-refractivity contribution in [2.45, 2.75) is 212 Å². The molecule has 344 valence electrons. The number of carbonyl (C=O) groups is 1. The van der Waals surface area contributed by atoms with Crippen molar-refractivity contribution < 1.29 is 32.9 Å². The molecule has 3 N–H and O–H groups in total. The fourth-order valence-corrected chi connectivity index (χ4v) is 7.33. The van der Waals surface area contributed by atoms with Crippen LogP contribution >= 0.6 is 7.82 Å². The Labute approximate surface area is 364 Å². The number of carbonyl (C=O) groups excluding carboxylic acids is 1. The molecule has 0 saturated carbocycles. The maximum Gasteiger partial charge on any atom is 0.472 e. The summed E-state index contributed by atoms with van der Waals surface area (Å²) in [7, 11) is 1.55. The first-order chi connectivity index (χ1) is 28.5. The number of nitrogens with zero attached hydrogens (tertiary/aromatic N) is 1. The van der Waals surface area contributed by atoms with Gasteiger partial charge in [-0.1, -0.05) is 184 Å². The van der Waals surface area contributed by atoms with Gasteiger partial charge in [-0.3, -0.25) is 13.8 Å². The van der Waals surface area contributed by atoms with Gasteiger partial charge in [-0.15, -0.1) is 0 Å². The number of aliphatic hydroxyl groups is 1. The van der Waals surface area contributed by atoms with E-state index in [0.29, 0.717) is 17.4 Å². The summed E-state index contributed by atoms with van der Waals surface area (Å²) < 4.78 is 23.5. The topological polar surface area (TPSA) is 105 Å². The largest absolute Gasteiger partial charge is 0.472 e. The Morgan fingerprint density at radius 3 is 1.49 bits per heavy atom. The van der Waals surface area contributed by atoms with Crippen LogP contribution in [0.2, 0.25) is 0 Å². The molecule has 3 atom stereocenters. The zero-order valence-electron chi connectivity index (χ0n) is 39.0. The van der Waals surface area contributed by atoms with E-state index in [0.717, 1.165) is 51.4 Å². The highest BCUT2D eigenvalue weighted by Crippen LogP contribution is 2.43. The average Bonchev–Trinajstić information content (AvgIpc) is 3.19. The van der Waals surface area contributed by atoms with Crippen molar-refractivity contribution in [1.82, 2.24) is 5.32 Å². The van der Waals surface area contributed by atoms with Gasteiger partial charge < -0.3 is 19.8 Å². The number of hydrogen-bond acceptors (Lipinski definition) is 5. The van der Waals surface area contributed by atoms with Crippen LogP contribution in [0.4, 0.5) is 0 Å². The van der Waals surface area contributed by atoms with Gasteiger partial charge in [-0.25, -0.2) is 4.57 Å². The molecule has 0 fully saturated rings. The Balaban J connectivity index is 4.18. The Morgan fingerprint density at radius 2 is 0.983 bits per heavy atom. The standard InChI is InChI=1S/C50H93N2O6P/c1-6-8-10-12-14-16-18-19-20-21-22-23-24-25-26-27-28-29-30-31-32-33-34-36-38-40-42-44-50(54)51-48(47-58-59(55,56)57-46-45-52(3,4)5)49(53)43-41-39-37-35-17-15-13-11-9-7-2/h17-19,21-22,24-25,35,41,43,48-49,53H,6-16,20,23,26-34,36-40,42,44-47H2,1-5H3,(H-,51,54,55,56)/p+1/b19-18-,22-21-,25-24-,35-17+,43-41+. The van der Waals surface area contributed by atoms with Gasteiger partial charge in [0.15, 0.2) is 0 Å². The molecule has 9 heteroatoms. The number of aliphatic hydroxyl groups excluding tert-OH is 1. The highest BCUT2D eigenvalue weighted by Gasteiger charge is 2.27. The number of phosphoric ester groups is 1. The van der Waals surface area contributed by atoms with Crippen LogP contribution in [0.3, 0.4) is 0 Å². The SMILES string of the molecule is CCCCCC/C=C/CC/C=C/C(O)C(COP(=O)(O)OCC[N+](C)(C)C)NC(=O)CCCCCCCCCCCCCC/C=C\C/C=C\C/C=C\CCCCCCC. The minimum atomic E-state index is -4.34. The van der Waals surface area contributed by atoms with Crippen LogP contribution in [-0.4, -0.2) is 73.4 Å². The Kier molecular flexibility index (Phi) is 40.3. The fraction of sp³-hybridized carbons (Fsp3) is 0.780. The first kappa shape index (κ1) is 57.2. The molecule has 0 aromatic heterocycles. The third-order valence-electron chi connectivity index (χ3n) is 10.5. The van der Waals surface area contributed by atoms with E-state index in [4.69, 9.17) is 9.05 Å². The van der Waals surface area contributed by atoms with Crippen molar-refractivity contribution in [3.8, 4) is 0 Å². The van der Waals surface area contributed by atoms with Crippen molar-refractivity contribution in [2.24, 2.45) is 0 Å². The lowest BCUT2D eigenvalue weighted by molar-refractivity contribution is -0.870. The van der Waals surface area contributed by atoms with Gasteiger partial charge in [0.1, 0.15) is 13.2 Å². The second-order valence-electron chi connectivity index (χ2n) is 17.5. The molecule has 0 aliphatic heterocycles. The van der Waals surface area contributed by atoms with Gasteiger partial charge in [0, 0.05) is 6.42 Å². The Bertz CT molecular complexity index is 1140. The van der Waals surface area contributed by atoms with Gasteiger partial charge in [0.2, 0.25) is 5.91 Å². The van der Waals surface area contributed by atoms with Crippen LogP contribution < -0.4 is 5.32 Å². The molecule has 0 aliphatic rings. The maximum absolute atomic E-state index is 12.9. The third-order valence-corrected chi connectivity index (χ3v) is 11.4. The number of unbranched alkanes of at least 4 members (excludes halogenated alkanes) is 22. The molecule has 0 heterocycles. The van der Waals surface area contributed by atoms with Crippen LogP contribution in [0.25, 0.3) is 0 Å². The normalized spacial score (nSPS) is 14.8. The van der Waals surface area contributed by atoms with E-state index < -0.39 is 20.0 Å². The molecule has 0 saturated heterocycles. The molecule has 0 spiro atoms. The minimum absolute atomic E-state index is 0.0537. The molecule has 0 aromatic rings. The second-order valence-corrected chi connectivity index (χ2v) is 18.9. The summed E-state index contributed by atoms with van der Waals surface area (Å²) in [5, 5.41) is 13.8. The number of rotatable bonds is 43. The lowest BCUT2D eigenvalue weighted by atomic mass is 10.0. The zero-order chi connectivity index (χ0) is 43.6. The van der Waals surface area contributed by atoms with E-state index in [-0.39, 0.29) is 19.1 Å². The molecule has 0 radical (unpaired) electrons. The molecule has 0 rings (SSSR count). The first-order valence-electron chi connectivity index (χ1n) is 24.2. The number of allylic oxidation sites excluding steroid dienone is 9. The van der Waals surface area contributed by atoms with E-state index >= 15 is 0 Å². The molecular weight excluding hydrogens is 756 g/mol. The summed E-state index contributed by atoms with van der Waals surface area (Å²) in [6.07, 6.45) is 54.6. The van der Waals surface area contributed by atoms with Crippen LogP contribution in [0.15, 0.2) is 60.8 Å². The van der Waals surface area contributed by atoms with Gasteiger partial charge in [-0.2, -0.15) is 0 Å². The molecule has 1 amide bonds.